The summed E-state index contributed by atoms with van der Waals surface area (Å²) in [6.07, 6.45) is 1.63. The van der Waals surface area contributed by atoms with E-state index in [9.17, 15) is 9.59 Å². The highest BCUT2D eigenvalue weighted by molar-refractivity contribution is 5.87. The number of nitrogens with zero attached hydrogens (tertiary/aromatic N) is 1. The van der Waals surface area contributed by atoms with Gasteiger partial charge in [0.2, 0.25) is 11.8 Å². The summed E-state index contributed by atoms with van der Waals surface area (Å²) in [5, 5.41) is 2.93. The molecule has 0 aromatic heterocycles. The fourth-order valence-corrected chi connectivity index (χ4v) is 2.86. The molecule has 1 heterocycles. The molecular weight excluding hydrogens is 280 g/mol. The van der Waals surface area contributed by atoms with E-state index in [4.69, 9.17) is 4.74 Å². The van der Waals surface area contributed by atoms with Gasteiger partial charge in [0, 0.05) is 20.0 Å². The lowest BCUT2D eigenvalue weighted by atomic mass is 10.1. The molecule has 1 aliphatic rings. The van der Waals surface area contributed by atoms with Gasteiger partial charge < -0.3 is 15.0 Å². The molecular formula is C17H24N2O3. The summed E-state index contributed by atoms with van der Waals surface area (Å²) in [5.41, 5.74) is 2.08. The molecule has 5 heteroatoms. The van der Waals surface area contributed by atoms with Crippen molar-refractivity contribution in [3.63, 3.8) is 0 Å². The molecule has 0 saturated carbocycles. The predicted octanol–water partition coefficient (Wildman–Crippen LogP) is 2.02. The lowest BCUT2D eigenvalue weighted by molar-refractivity contribution is -0.136. The Hall–Kier alpha value is -2.04. The van der Waals surface area contributed by atoms with Gasteiger partial charge in [-0.3, -0.25) is 9.59 Å². The number of carbonyl (C=O) groups is 2. The summed E-state index contributed by atoms with van der Waals surface area (Å²) in [4.78, 5) is 25.4. The van der Waals surface area contributed by atoms with Crippen LogP contribution in [0.1, 0.15) is 37.8 Å². The Bertz CT molecular complexity index is 557. The Morgan fingerprint density at radius 3 is 2.82 bits per heavy atom. The smallest absolute Gasteiger partial charge is 0.243 e. The molecule has 1 saturated heterocycles. The number of ether oxygens (including phenoxy) is 1. The van der Waals surface area contributed by atoms with Crippen LogP contribution in [-0.4, -0.2) is 35.9 Å². The van der Waals surface area contributed by atoms with Crippen molar-refractivity contribution >= 4 is 11.8 Å². The number of aryl methyl sites for hydroxylation is 1. The zero-order valence-corrected chi connectivity index (χ0v) is 13.5. The highest BCUT2D eigenvalue weighted by atomic mass is 16.5. The molecule has 1 aliphatic heterocycles. The number of likely N-dealkylation sites (tertiary alicyclic amines) is 1. The SMILES string of the molecule is CCOc1ccc(CNC(=O)[C@H]2CCCN2C(C)=O)cc1C. The molecule has 0 radical (unpaired) electrons. The van der Waals surface area contributed by atoms with E-state index < -0.39 is 0 Å². The molecule has 1 aromatic carbocycles. The molecule has 0 unspecified atom stereocenters. The average Bonchev–Trinajstić information content (AvgIpc) is 2.97. The normalized spacial score (nSPS) is 17.4. The fourth-order valence-electron chi connectivity index (χ4n) is 2.86. The van der Waals surface area contributed by atoms with Crippen LogP contribution in [0.2, 0.25) is 0 Å². The van der Waals surface area contributed by atoms with Crippen LogP contribution in [0.5, 0.6) is 5.75 Å². The van der Waals surface area contributed by atoms with Crippen LogP contribution in [0.4, 0.5) is 0 Å². The van der Waals surface area contributed by atoms with E-state index in [1.54, 1.807) is 4.90 Å². The molecule has 120 valence electrons. The van der Waals surface area contributed by atoms with Gasteiger partial charge in [-0.15, -0.1) is 0 Å². The monoisotopic (exact) mass is 304 g/mol. The van der Waals surface area contributed by atoms with Crippen LogP contribution >= 0.6 is 0 Å². The summed E-state index contributed by atoms with van der Waals surface area (Å²) in [7, 11) is 0. The average molecular weight is 304 g/mol. The van der Waals surface area contributed by atoms with E-state index in [1.807, 2.05) is 32.0 Å². The number of nitrogens with one attached hydrogen (secondary N) is 1. The van der Waals surface area contributed by atoms with Crippen LogP contribution in [0.15, 0.2) is 18.2 Å². The highest BCUT2D eigenvalue weighted by Crippen LogP contribution is 2.20. The van der Waals surface area contributed by atoms with Crippen molar-refractivity contribution in [3.05, 3.63) is 29.3 Å². The Morgan fingerprint density at radius 2 is 2.18 bits per heavy atom. The first-order valence-electron chi connectivity index (χ1n) is 7.80. The van der Waals surface area contributed by atoms with Crippen molar-refractivity contribution < 1.29 is 14.3 Å². The maximum atomic E-state index is 12.3. The Balaban J connectivity index is 1.93. The second-order valence-electron chi connectivity index (χ2n) is 5.62. The van der Waals surface area contributed by atoms with E-state index in [-0.39, 0.29) is 17.9 Å². The molecule has 0 spiro atoms. The third-order valence-corrected chi connectivity index (χ3v) is 3.97. The molecule has 1 N–H and O–H groups in total. The van der Waals surface area contributed by atoms with Crippen LogP contribution in [0.25, 0.3) is 0 Å². The van der Waals surface area contributed by atoms with Gasteiger partial charge in [0.25, 0.3) is 0 Å². The zero-order chi connectivity index (χ0) is 16.1. The van der Waals surface area contributed by atoms with Gasteiger partial charge in [-0.2, -0.15) is 0 Å². The predicted molar refractivity (Wildman–Crippen MR) is 84.6 cm³/mol. The summed E-state index contributed by atoms with van der Waals surface area (Å²) < 4.78 is 5.51. The van der Waals surface area contributed by atoms with Gasteiger partial charge in [0.15, 0.2) is 0 Å². The molecule has 5 nitrogen and oxygen atoms in total. The standard InChI is InChI=1S/C17H24N2O3/c1-4-22-16-8-7-14(10-12(16)2)11-18-17(21)15-6-5-9-19(15)13(3)20/h7-8,10,15H,4-6,9,11H2,1-3H3,(H,18,21)/t15-/m1/s1. The molecule has 1 fully saturated rings. The molecule has 0 aliphatic carbocycles. The largest absolute Gasteiger partial charge is 0.494 e. The lowest BCUT2D eigenvalue weighted by Crippen LogP contribution is -2.44. The van der Waals surface area contributed by atoms with E-state index in [1.165, 1.54) is 6.92 Å². The first-order chi connectivity index (χ1) is 10.5. The van der Waals surface area contributed by atoms with Gasteiger partial charge >= 0.3 is 0 Å². The summed E-state index contributed by atoms with van der Waals surface area (Å²) in [6.45, 7) is 7.24. The maximum absolute atomic E-state index is 12.3. The van der Waals surface area contributed by atoms with Gasteiger partial charge in [0.05, 0.1) is 6.61 Å². The van der Waals surface area contributed by atoms with Gasteiger partial charge in [-0.25, -0.2) is 0 Å². The first kappa shape index (κ1) is 16.3. The summed E-state index contributed by atoms with van der Waals surface area (Å²) in [6, 6.07) is 5.58. The second kappa shape index (κ2) is 7.29. The van der Waals surface area contributed by atoms with Crippen LogP contribution in [0.3, 0.4) is 0 Å². The van der Waals surface area contributed by atoms with Crippen molar-refractivity contribution in [2.75, 3.05) is 13.2 Å². The van der Waals surface area contributed by atoms with Crippen LogP contribution in [0, 0.1) is 6.92 Å². The molecule has 2 rings (SSSR count). The Labute approximate surface area is 131 Å². The number of rotatable bonds is 5. The summed E-state index contributed by atoms with van der Waals surface area (Å²) in [5.74, 6) is 0.768. The third kappa shape index (κ3) is 3.78. The van der Waals surface area contributed by atoms with Gasteiger partial charge in [0.1, 0.15) is 11.8 Å². The van der Waals surface area contributed by atoms with E-state index >= 15 is 0 Å². The maximum Gasteiger partial charge on any atom is 0.243 e. The quantitative estimate of drug-likeness (QED) is 0.905. The molecule has 2 amide bonds. The van der Waals surface area contributed by atoms with Crippen molar-refractivity contribution in [3.8, 4) is 5.75 Å². The first-order valence-corrected chi connectivity index (χ1v) is 7.80. The minimum Gasteiger partial charge on any atom is -0.494 e. The van der Waals surface area contributed by atoms with Gasteiger partial charge in [-0.1, -0.05) is 12.1 Å². The van der Waals surface area contributed by atoms with Crippen molar-refractivity contribution in [1.82, 2.24) is 10.2 Å². The number of carbonyl (C=O) groups excluding carboxylic acids is 2. The number of hydrogen-bond donors (Lipinski definition) is 1. The van der Waals surface area contributed by atoms with Crippen molar-refractivity contribution in [2.45, 2.75) is 46.2 Å². The zero-order valence-electron chi connectivity index (χ0n) is 13.5. The summed E-state index contributed by atoms with van der Waals surface area (Å²) >= 11 is 0. The fraction of sp³-hybridized carbons (Fsp3) is 0.529. The highest BCUT2D eigenvalue weighted by Gasteiger charge is 2.31. The van der Waals surface area contributed by atoms with E-state index in [2.05, 4.69) is 5.32 Å². The van der Waals surface area contributed by atoms with Crippen molar-refractivity contribution in [2.24, 2.45) is 0 Å². The topological polar surface area (TPSA) is 58.6 Å². The van der Waals surface area contributed by atoms with Crippen LogP contribution < -0.4 is 10.1 Å². The van der Waals surface area contributed by atoms with Crippen molar-refractivity contribution in [1.29, 1.82) is 0 Å². The second-order valence-corrected chi connectivity index (χ2v) is 5.62. The van der Waals surface area contributed by atoms with E-state index in [0.29, 0.717) is 19.7 Å². The van der Waals surface area contributed by atoms with E-state index in [0.717, 1.165) is 29.7 Å². The third-order valence-electron chi connectivity index (χ3n) is 3.97. The Kier molecular flexibility index (Phi) is 5.41. The van der Waals surface area contributed by atoms with Crippen LogP contribution in [-0.2, 0) is 16.1 Å². The lowest BCUT2D eigenvalue weighted by Gasteiger charge is -2.22. The Morgan fingerprint density at radius 1 is 1.41 bits per heavy atom. The molecule has 0 bridgehead atoms. The number of hydrogen-bond acceptors (Lipinski definition) is 3. The minimum atomic E-state index is -0.318. The molecule has 1 atom stereocenters. The van der Waals surface area contributed by atoms with Gasteiger partial charge in [-0.05, 0) is 43.9 Å². The number of amides is 2. The number of benzene rings is 1. The molecule has 22 heavy (non-hydrogen) atoms. The minimum absolute atomic E-state index is 0.0328. The molecule has 1 aromatic rings.